The summed E-state index contributed by atoms with van der Waals surface area (Å²) in [6.45, 7) is 2.24. The summed E-state index contributed by atoms with van der Waals surface area (Å²) < 4.78 is 5.27. The number of benzene rings is 3. The van der Waals surface area contributed by atoms with Gasteiger partial charge in [0.1, 0.15) is 0 Å². The van der Waals surface area contributed by atoms with Crippen LogP contribution in [0.4, 0.5) is 11.4 Å². The molecular weight excluding hydrogens is 485 g/mol. The van der Waals surface area contributed by atoms with Crippen LogP contribution in [0, 0.1) is 0 Å². The highest BCUT2D eigenvalue weighted by molar-refractivity contribution is 14.1. The highest BCUT2D eigenvalue weighted by atomic mass is 127. The molecule has 0 bridgehead atoms. The number of hydrogen-bond acceptors (Lipinski definition) is 2. The first kappa shape index (κ1) is 19.4. The largest absolute Gasteiger partial charge is 0.281 e. The lowest BCUT2D eigenvalue weighted by molar-refractivity contribution is 0.446. The fourth-order valence-electron chi connectivity index (χ4n) is 4.85. The van der Waals surface area contributed by atoms with Crippen LogP contribution < -0.4 is 3.11 Å². The van der Waals surface area contributed by atoms with Gasteiger partial charge in [-0.1, -0.05) is 74.7 Å². The van der Waals surface area contributed by atoms with E-state index in [-0.39, 0.29) is 0 Å². The summed E-state index contributed by atoms with van der Waals surface area (Å²) in [5.74, 6) is 0.737. The van der Waals surface area contributed by atoms with Crippen molar-refractivity contribution in [3.8, 4) is 0 Å². The molecule has 0 amide bonds. The number of hydrogen-bond donors (Lipinski definition) is 0. The lowest BCUT2D eigenvalue weighted by Gasteiger charge is -2.22. The van der Waals surface area contributed by atoms with Gasteiger partial charge in [-0.3, -0.25) is 3.11 Å². The van der Waals surface area contributed by atoms with E-state index in [2.05, 4.69) is 93.6 Å². The van der Waals surface area contributed by atoms with Crippen LogP contribution in [0.1, 0.15) is 56.1 Å². The third-order valence-electron chi connectivity index (χ3n) is 6.37. The molecule has 1 aliphatic carbocycles. The van der Waals surface area contributed by atoms with Gasteiger partial charge in [-0.05, 0) is 48.4 Å². The second-order valence-electron chi connectivity index (χ2n) is 8.08. The van der Waals surface area contributed by atoms with Crippen LogP contribution in [-0.2, 0) is 6.42 Å². The molecule has 1 heterocycles. The van der Waals surface area contributed by atoms with Crippen molar-refractivity contribution in [3.05, 3.63) is 71.8 Å². The van der Waals surface area contributed by atoms with Gasteiger partial charge in [-0.2, -0.15) is 0 Å². The fraction of sp³-hybridized carbons (Fsp3) is 0.308. The van der Waals surface area contributed by atoms with Crippen molar-refractivity contribution >= 4 is 65.7 Å². The van der Waals surface area contributed by atoms with Crippen LogP contribution in [0.15, 0.2) is 60.7 Å². The van der Waals surface area contributed by atoms with Crippen LogP contribution in [0.2, 0.25) is 0 Å². The van der Waals surface area contributed by atoms with Gasteiger partial charge in [0.2, 0.25) is 0 Å². The Morgan fingerprint density at radius 2 is 1.52 bits per heavy atom. The molecule has 0 saturated heterocycles. The number of para-hydroxylation sites is 1. The maximum absolute atomic E-state index is 2.49. The first-order chi connectivity index (χ1) is 14.3. The molecule has 3 heteroatoms. The predicted octanol–water partition coefficient (Wildman–Crippen LogP) is 9.15. The SMILES string of the molecule is CCc1ccccc1N(I)c1cccc2c1sc1c(C3CCCCC3)cccc12. The molecule has 0 atom stereocenters. The van der Waals surface area contributed by atoms with Crippen molar-refractivity contribution in [2.24, 2.45) is 0 Å². The molecule has 0 radical (unpaired) electrons. The lowest BCUT2D eigenvalue weighted by atomic mass is 9.84. The standard InChI is InChI=1S/C26H26INS/c1-2-18-10-6-7-16-23(18)28(27)24-17-9-15-22-21-14-8-13-20(25(21)29-26(22)24)19-11-4-3-5-12-19/h6-10,13-17,19H,2-5,11-12H2,1H3. The third kappa shape index (κ3) is 3.46. The number of anilines is 2. The molecule has 1 nitrogen and oxygen atoms in total. The predicted molar refractivity (Wildman–Crippen MR) is 137 cm³/mol. The maximum atomic E-state index is 2.49. The molecule has 1 aromatic heterocycles. The van der Waals surface area contributed by atoms with Crippen LogP contribution >= 0.6 is 34.2 Å². The monoisotopic (exact) mass is 511 g/mol. The summed E-state index contributed by atoms with van der Waals surface area (Å²) in [5.41, 5.74) is 5.58. The van der Waals surface area contributed by atoms with Gasteiger partial charge in [-0.15, -0.1) is 11.3 Å². The number of thiophene rings is 1. The van der Waals surface area contributed by atoms with Crippen molar-refractivity contribution in [3.63, 3.8) is 0 Å². The van der Waals surface area contributed by atoms with Crippen molar-refractivity contribution < 1.29 is 0 Å². The van der Waals surface area contributed by atoms with Gasteiger partial charge in [0.25, 0.3) is 0 Å². The summed E-state index contributed by atoms with van der Waals surface area (Å²) in [5, 5.41) is 2.83. The Kier molecular flexibility index (Phi) is 5.53. The van der Waals surface area contributed by atoms with Gasteiger partial charge >= 0.3 is 0 Å². The minimum Gasteiger partial charge on any atom is -0.281 e. The molecule has 3 aromatic carbocycles. The highest BCUT2D eigenvalue weighted by Gasteiger charge is 2.21. The van der Waals surface area contributed by atoms with Crippen LogP contribution in [0.5, 0.6) is 0 Å². The number of halogens is 1. The van der Waals surface area contributed by atoms with Crippen molar-refractivity contribution in [1.29, 1.82) is 0 Å². The smallest absolute Gasteiger partial charge is 0.0689 e. The average Bonchev–Trinajstić information content (AvgIpc) is 3.18. The molecule has 0 spiro atoms. The van der Waals surface area contributed by atoms with E-state index >= 15 is 0 Å². The Balaban J connectivity index is 1.68. The summed E-state index contributed by atoms with van der Waals surface area (Å²) >= 11 is 4.49. The first-order valence-electron chi connectivity index (χ1n) is 10.8. The number of rotatable bonds is 4. The molecular formula is C26H26INS. The van der Waals surface area contributed by atoms with Gasteiger partial charge in [-0.25, -0.2) is 0 Å². The zero-order valence-electron chi connectivity index (χ0n) is 16.8. The van der Waals surface area contributed by atoms with E-state index in [0.717, 1.165) is 12.3 Å². The first-order valence-corrected chi connectivity index (χ1v) is 12.5. The van der Waals surface area contributed by atoms with E-state index in [1.54, 1.807) is 5.56 Å². The number of nitrogens with zero attached hydrogens (tertiary/aromatic N) is 1. The van der Waals surface area contributed by atoms with E-state index < -0.39 is 0 Å². The van der Waals surface area contributed by atoms with Gasteiger partial charge in [0, 0.05) is 15.5 Å². The Morgan fingerprint density at radius 3 is 2.31 bits per heavy atom. The third-order valence-corrected chi connectivity index (χ3v) is 8.71. The number of aryl methyl sites for hydroxylation is 1. The zero-order chi connectivity index (χ0) is 19.8. The van der Waals surface area contributed by atoms with E-state index in [1.807, 2.05) is 11.3 Å². The molecule has 148 valence electrons. The van der Waals surface area contributed by atoms with E-state index in [0.29, 0.717) is 0 Å². The quantitative estimate of drug-likeness (QED) is 0.195. The molecule has 0 aliphatic heterocycles. The molecule has 1 aliphatic rings. The van der Waals surface area contributed by atoms with Crippen molar-refractivity contribution in [2.45, 2.75) is 51.4 Å². The lowest BCUT2D eigenvalue weighted by Crippen LogP contribution is -2.04. The summed E-state index contributed by atoms with van der Waals surface area (Å²) in [4.78, 5) is 0. The molecule has 1 saturated carbocycles. The van der Waals surface area contributed by atoms with Gasteiger partial charge < -0.3 is 0 Å². The number of fused-ring (bicyclic) bond motifs is 3. The molecule has 0 N–H and O–H groups in total. The molecule has 29 heavy (non-hydrogen) atoms. The fourth-order valence-corrected chi connectivity index (χ4v) is 7.28. The summed E-state index contributed by atoms with van der Waals surface area (Å²) in [6, 6.07) is 22.6. The van der Waals surface area contributed by atoms with E-state index in [1.165, 1.54) is 69.2 Å². The van der Waals surface area contributed by atoms with Crippen molar-refractivity contribution in [2.75, 3.05) is 3.11 Å². The minimum absolute atomic E-state index is 0.737. The maximum Gasteiger partial charge on any atom is 0.0689 e. The minimum atomic E-state index is 0.737. The Hall–Kier alpha value is -1.59. The van der Waals surface area contributed by atoms with Gasteiger partial charge in [0.15, 0.2) is 0 Å². The van der Waals surface area contributed by atoms with Crippen LogP contribution in [-0.4, -0.2) is 0 Å². The molecule has 5 rings (SSSR count). The van der Waals surface area contributed by atoms with Gasteiger partial charge in [0.05, 0.1) is 38.9 Å². The zero-order valence-corrected chi connectivity index (χ0v) is 19.8. The van der Waals surface area contributed by atoms with Crippen LogP contribution in [0.25, 0.3) is 20.2 Å². The van der Waals surface area contributed by atoms with Crippen LogP contribution in [0.3, 0.4) is 0 Å². The molecule has 1 fully saturated rings. The Morgan fingerprint density at radius 1 is 0.828 bits per heavy atom. The Bertz CT molecular complexity index is 1160. The second-order valence-corrected chi connectivity index (χ2v) is 10.1. The highest BCUT2D eigenvalue weighted by Crippen LogP contribution is 2.47. The van der Waals surface area contributed by atoms with E-state index in [9.17, 15) is 0 Å². The van der Waals surface area contributed by atoms with Crippen molar-refractivity contribution in [1.82, 2.24) is 0 Å². The summed E-state index contributed by atoms with van der Waals surface area (Å²) in [7, 11) is 0. The van der Waals surface area contributed by atoms with E-state index in [4.69, 9.17) is 0 Å². The summed E-state index contributed by atoms with van der Waals surface area (Å²) in [6.07, 6.45) is 7.91. The normalized spacial score (nSPS) is 15.2. The molecule has 4 aromatic rings. The Labute approximate surface area is 191 Å². The molecule has 0 unspecified atom stereocenters. The second kappa shape index (κ2) is 8.27. The average molecular weight is 511 g/mol. The topological polar surface area (TPSA) is 3.24 Å².